The molecule has 1 aromatic heterocycles. The average Bonchev–Trinajstić information content (AvgIpc) is 3.09. The number of H-pyrrole nitrogens is 1. The van der Waals surface area contributed by atoms with Crippen LogP contribution in [-0.2, 0) is 4.74 Å². The molecule has 0 spiro atoms. The van der Waals surface area contributed by atoms with E-state index in [1.807, 2.05) is 24.3 Å². The van der Waals surface area contributed by atoms with Crippen LogP contribution in [0.5, 0.6) is 5.75 Å². The van der Waals surface area contributed by atoms with Gasteiger partial charge < -0.3 is 24.7 Å². The number of piperidine rings is 1. The van der Waals surface area contributed by atoms with Gasteiger partial charge in [-0.3, -0.25) is 4.79 Å². The van der Waals surface area contributed by atoms with Crippen LogP contribution in [0.2, 0.25) is 0 Å². The van der Waals surface area contributed by atoms with E-state index >= 15 is 0 Å². The number of rotatable bonds is 4. The highest BCUT2D eigenvalue weighted by atomic mass is 16.5. The van der Waals surface area contributed by atoms with Crippen molar-refractivity contribution >= 4 is 22.9 Å². The summed E-state index contributed by atoms with van der Waals surface area (Å²) < 4.78 is 9.93. The lowest BCUT2D eigenvalue weighted by Crippen LogP contribution is -2.41. The highest BCUT2D eigenvalue weighted by molar-refractivity contribution is 5.98. The normalized spacial score (nSPS) is 15.2. The number of methoxy groups -OCH3 is 2. The smallest absolute Gasteiger partial charge is 0.409 e. The minimum atomic E-state index is -0.281. The van der Waals surface area contributed by atoms with Crippen LogP contribution in [0.15, 0.2) is 24.3 Å². The molecule has 0 unspecified atom stereocenters. The molecule has 2 N–H and O–H groups in total. The van der Waals surface area contributed by atoms with Gasteiger partial charge in [-0.25, -0.2) is 4.79 Å². The van der Waals surface area contributed by atoms with Crippen molar-refractivity contribution in [1.29, 1.82) is 0 Å². The van der Waals surface area contributed by atoms with E-state index < -0.39 is 0 Å². The van der Waals surface area contributed by atoms with E-state index in [2.05, 4.69) is 10.3 Å². The Morgan fingerprint density at radius 1 is 1.24 bits per heavy atom. The van der Waals surface area contributed by atoms with E-state index in [1.165, 1.54) is 7.11 Å². The number of carbonyl (C=O) groups excluding carboxylic acids is 2. The van der Waals surface area contributed by atoms with Crippen LogP contribution < -0.4 is 10.1 Å². The van der Waals surface area contributed by atoms with Gasteiger partial charge in [0, 0.05) is 36.6 Å². The first-order valence-electron chi connectivity index (χ1n) is 8.38. The van der Waals surface area contributed by atoms with Crippen molar-refractivity contribution in [2.45, 2.75) is 12.8 Å². The first-order valence-corrected chi connectivity index (χ1v) is 8.38. The molecule has 1 saturated heterocycles. The molecule has 3 rings (SSSR count). The molecular weight excluding hydrogens is 322 g/mol. The van der Waals surface area contributed by atoms with Gasteiger partial charge in [0.15, 0.2) is 0 Å². The zero-order valence-electron chi connectivity index (χ0n) is 14.5. The molecule has 0 aliphatic carbocycles. The summed E-state index contributed by atoms with van der Waals surface area (Å²) in [5.41, 5.74) is 1.41. The molecule has 7 heteroatoms. The molecule has 0 bridgehead atoms. The maximum atomic E-state index is 12.4. The van der Waals surface area contributed by atoms with Gasteiger partial charge in [-0.1, -0.05) is 0 Å². The number of ether oxygens (including phenoxy) is 2. The lowest BCUT2D eigenvalue weighted by Gasteiger charge is -2.30. The Labute approximate surface area is 146 Å². The van der Waals surface area contributed by atoms with E-state index in [0.29, 0.717) is 31.2 Å². The second-order valence-corrected chi connectivity index (χ2v) is 6.25. The van der Waals surface area contributed by atoms with E-state index in [-0.39, 0.29) is 12.0 Å². The standard InChI is InChI=1S/C18H23N3O4/c1-24-14-4-3-13-9-16(20-15(13)10-14)17(22)19-11-12-5-7-21(8-6-12)18(23)25-2/h3-4,9-10,12,20H,5-8,11H2,1-2H3,(H,19,22). The number of likely N-dealkylation sites (tertiary alicyclic amines) is 1. The summed E-state index contributed by atoms with van der Waals surface area (Å²) in [7, 11) is 3.01. The quantitative estimate of drug-likeness (QED) is 0.891. The Kier molecular flexibility index (Phi) is 5.11. The van der Waals surface area contributed by atoms with Gasteiger partial charge in [-0.05, 0) is 37.0 Å². The number of hydrogen-bond acceptors (Lipinski definition) is 4. The Morgan fingerprint density at radius 3 is 2.68 bits per heavy atom. The van der Waals surface area contributed by atoms with Crippen LogP contribution in [0.4, 0.5) is 4.79 Å². The second-order valence-electron chi connectivity index (χ2n) is 6.25. The monoisotopic (exact) mass is 345 g/mol. The van der Waals surface area contributed by atoms with Crippen LogP contribution in [0.1, 0.15) is 23.3 Å². The largest absolute Gasteiger partial charge is 0.497 e. The van der Waals surface area contributed by atoms with Crippen molar-refractivity contribution in [2.75, 3.05) is 33.9 Å². The van der Waals surface area contributed by atoms with Gasteiger partial charge in [0.2, 0.25) is 0 Å². The van der Waals surface area contributed by atoms with E-state index in [4.69, 9.17) is 9.47 Å². The molecule has 1 aliphatic heterocycles. The number of carbonyl (C=O) groups is 2. The lowest BCUT2D eigenvalue weighted by molar-refractivity contribution is 0.0910. The predicted molar refractivity (Wildman–Crippen MR) is 93.9 cm³/mol. The van der Waals surface area contributed by atoms with Gasteiger partial charge in [-0.15, -0.1) is 0 Å². The molecule has 0 atom stereocenters. The zero-order valence-corrected chi connectivity index (χ0v) is 14.5. The third-order valence-electron chi connectivity index (χ3n) is 4.67. The number of hydrogen-bond donors (Lipinski definition) is 2. The summed E-state index contributed by atoms with van der Waals surface area (Å²) in [6.45, 7) is 1.94. The highest BCUT2D eigenvalue weighted by Gasteiger charge is 2.23. The third kappa shape index (κ3) is 3.87. The van der Waals surface area contributed by atoms with Gasteiger partial charge in [0.05, 0.1) is 14.2 Å². The molecule has 2 amide bonds. The maximum Gasteiger partial charge on any atom is 0.409 e. The molecule has 1 aromatic carbocycles. The fourth-order valence-electron chi connectivity index (χ4n) is 3.14. The van der Waals surface area contributed by atoms with E-state index in [9.17, 15) is 9.59 Å². The first kappa shape index (κ1) is 17.1. The summed E-state index contributed by atoms with van der Waals surface area (Å²) in [6, 6.07) is 7.50. The van der Waals surface area contributed by atoms with Crippen LogP contribution in [0.25, 0.3) is 10.9 Å². The highest BCUT2D eigenvalue weighted by Crippen LogP contribution is 2.21. The summed E-state index contributed by atoms with van der Waals surface area (Å²) in [4.78, 5) is 28.7. The maximum absolute atomic E-state index is 12.4. The van der Waals surface area contributed by atoms with Gasteiger partial charge in [-0.2, -0.15) is 0 Å². The minimum absolute atomic E-state index is 0.120. The summed E-state index contributed by atoms with van der Waals surface area (Å²) in [6.07, 6.45) is 1.44. The number of nitrogens with zero attached hydrogens (tertiary/aromatic N) is 1. The van der Waals surface area contributed by atoms with Gasteiger partial charge >= 0.3 is 6.09 Å². The topological polar surface area (TPSA) is 83.7 Å². The van der Waals surface area contributed by atoms with Crippen molar-refractivity contribution in [2.24, 2.45) is 5.92 Å². The number of fused-ring (bicyclic) bond motifs is 1. The fourth-order valence-corrected chi connectivity index (χ4v) is 3.14. The van der Waals surface area contributed by atoms with Crippen LogP contribution >= 0.6 is 0 Å². The van der Waals surface area contributed by atoms with Crippen LogP contribution in [0, 0.1) is 5.92 Å². The number of aromatic nitrogens is 1. The number of amides is 2. The molecule has 25 heavy (non-hydrogen) atoms. The van der Waals surface area contributed by atoms with Crippen molar-refractivity contribution in [1.82, 2.24) is 15.2 Å². The molecule has 0 radical (unpaired) electrons. The summed E-state index contributed by atoms with van der Waals surface area (Å²) >= 11 is 0. The average molecular weight is 345 g/mol. The van der Waals surface area contributed by atoms with E-state index in [0.717, 1.165) is 29.5 Å². The fraction of sp³-hybridized carbons (Fsp3) is 0.444. The molecule has 2 heterocycles. The Hall–Kier alpha value is -2.70. The number of aromatic amines is 1. The lowest BCUT2D eigenvalue weighted by atomic mass is 9.97. The Balaban J connectivity index is 1.54. The van der Waals surface area contributed by atoms with Crippen molar-refractivity contribution in [3.05, 3.63) is 30.0 Å². The van der Waals surface area contributed by atoms with Crippen LogP contribution in [0.3, 0.4) is 0 Å². The molecule has 2 aromatic rings. The molecule has 134 valence electrons. The molecular formula is C18H23N3O4. The van der Waals surface area contributed by atoms with Gasteiger partial charge in [0.1, 0.15) is 11.4 Å². The van der Waals surface area contributed by atoms with Gasteiger partial charge in [0.25, 0.3) is 5.91 Å². The molecule has 1 fully saturated rings. The first-order chi connectivity index (χ1) is 12.1. The Bertz CT molecular complexity index is 763. The number of nitrogens with one attached hydrogen (secondary N) is 2. The zero-order chi connectivity index (χ0) is 17.8. The SMILES string of the molecule is COC(=O)N1CCC(CNC(=O)c2cc3ccc(OC)cc3[nH]2)CC1. The minimum Gasteiger partial charge on any atom is -0.497 e. The summed E-state index contributed by atoms with van der Waals surface area (Å²) in [5, 5.41) is 3.95. The second kappa shape index (κ2) is 7.46. The predicted octanol–water partition coefficient (Wildman–Crippen LogP) is 2.38. The van der Waals surface area contributed by atoms with E-state index in [1.54, 1.807) is 12.0 Å². The Morgan fingerprint density at radius 2 is 2.00 bits per heavy atom. The number of benzene rings is 1. The van der Waals surface area contributed by atoms with Crippen molar-refractivity contribution in [3.8, 4) is 5.75 Å². The molecule has 1 aliphatic rings. The summed E-state index contributed by atoms with van der Waals surface area (Å²) in [5.74, 6) is 0.999. The molecule has 7 nitrogen and oxygen atoms in total. The third-order valence-corrected chi connectivity index (χ3v) is 4.67. The molecule has 0 saturated carbocycles. The van der Waals surface area contributed by atoms with Crippen LogP contribution in [-0.4, -0.2) is 55.7 Å². The van der Waals surface area contributed by atoms with Crippen molar-refractivity contribution in [3.63, 3.8) is 0 Å². The van der Waals surface area contributed by atoms with Crippen molar-refractivity contribution < 1.29 is 19.1 Å².